The van der Waals surface area contributed by atoms with Gasteiger partial charge in [0.2, 0.25) is 21.8 Å². The fraction of sp³-hybridized carbons (Fsp3) is 0.375. The summed E-state index contributed by atoms with van der Waals surface area (Å²) >= 11 is 0. The minimum Gasteiger partial charge on any atom is -0.497 e. The van der Waals surface area contributed by atoms with E-state index in [2.05, 4.69) is 5.32 Å². The fourth-order valence-electron chi connectivity index (χ4n) is 4.39. The molecule has 9 nitrogen and oxygen atoms in total. The van der Waals surface area contributed by atoms with Crippen LogP contribution in [0.15, 0.2) is 78.9 Å². The fourth-order valence-corrected chi connectivity index (χ4v) is 5.24. The highest BCUT2D eigenvalue weighted by molar-refractivity contribution is 7.92. The Morgan fingerprint density at radius 3 is 2.14 bits per heavy atom. The number of anilines is 1. The van der Waals surface area contributed by atoms with E-state index in [0.29, 0.717) is 30.2 Å². The molecule has 1 N–H and O–H groups in total. The number of carbonyl (C=O) groups is 2. The molecule has 0 saturated heterocycles. The summed E-state index contributed by atoms with van der Waals surface area (Å²) in [4.78, 5) is 28.6. The molecule has 0 spiro atoms. The van der Waals surface area contributed by atoms with Gasteiger partial charge in [0.1, 0.15) is 30.7 Å². The van der Waals surface area contributed by atoms with Crippen molar-refractivity contribution in [3.63, 3.8) is 0 Å². The van der Waals surface area contributed by atoms with Crippen molar-refractivity contribution in [1.82, 2.24) is 10.2 Å². The number of sulfonamides is 1. The first kappa shape index (κ1) is 32.5. The molecule has 0 saturated carbocycles. The molecule has 2 unspecified atom stereocenters. The standard InChI is InChI=1S/C32H41N3O6S/c1-6-24(3)33-32(37)30(7-2)34(21-26-14-11-15-29(20-26)40-4)31(36)22-35(42(5,38)39)27-16-18-28(19-17-27)41-23-25-12-9-8-10-13-25/h8-20,24,30H,6-7,21-23H2,1-5H3,(H,33,37). The van der Waals surface area contributed by atoms with Crippen LogP contribution in [0.4, 0.5) is 5.69 Å². The Bertz CT molecular complexity index is 1410. The molecule has 0 aliphatic heterocycles. The highest BCUT2D eigenvalue weighted by Gasteiger charge is 2.32. The number of nitrogens with zero attached hydrogens (tertiary/aromatic N) is 2. The number of amides is 2. The summed E-state index contributed by atoms with van der Waals surface area (Å²) in [5.41, 5.74) is 2.07. The molecule has 226 valence electrons. The Morgan fingerprint density at radius 1 is 0.881 bits per heavy atom. The second-order valence-corrected chi connectivity index (χ2v) is 12.1. The van der Waals surface area contributed by atoms with E-state index in [9.17, 15) is 18.0 Å². The minimum atomic E-state index is -3.85. The monoisotopic (exact) mass is 595 g/mol. The van der Waals surface area contributed by atoms with E-state index in [1.807, 2.05) is 57.2 Å². The van der Waals surface area contributed by atoms with Crippen molar-refractivity contribution in [2.45, 2.75) is 58.8 Å². The van der Waals surface area contributed by atoms with Gasteiger partial charge >= 0.3 is 0 Å². The van der Waals surface area contributed by atoms with Crippen LogP contribution in [0.2, 0.25) is 0 Å². The second-order valence-electron chi connectivity index (χ2n) is 10.2. The predicted molar refractivity (Wildman–Crippen MR) is 165 cm³/mol. The summed E-state index contributed by atoms with van der Waals surface area (Å²) < 4.78 is 38.0. The Hall–Kier alpha value is -4.05. The summed E-state index contributed by atoms with van der Waals surface area (Å²) in [5.74, 6) is 0.395. The molecule has 3 aromatic carbocycles. The van der Waals surface area contributed by atoms with Crippen LogP contribution in [0.3, 0.4) is 0 Å². The first-order chi connectivity index (χ1) is 20.0. The van der Waals surface area contributed by atoms with Gasteiger partial charge in [-0.3, -0.25) is 13.9 Å². The molecule has 0 heterocycles. The second kappa shape index (κ2) is 15.3. The average molecular weight is 596 g/mol. The molecule has 0 aromatic heterocycles. The van der Waals surface area contributed by atoms with Crippen molar-refractivity contribution in [2.24, 2.45) is 0 Å². The number of methoxy groups -OCH3 is 1. The molecule has 0 radical (unpaired) electrons. The summed E-state index contributed by atoms with van der Waals surface area (Å²) in [6, 6.07) is 22.6. The maximum atomic E-state index is 13.9. The van der Waals surface area contributed by atoms with Gasteiger partial charge in [0.25, 0.3) is 0 Å². The van der Waals surface area contributed by atoms with Crippen molar-refractivity contribution in [1.29, 1.82) is 0 Å². The zero-order valence-electron chi connectivity index (χ0n) is 24.9. The molecule has 0 fully saturated rings. The molecule has 2 amide bonds. The summed E-state index contributed by atoms with van der Waals surface area (Å²) in [6.07, 6.45) is 2.14. The molecule has 42 heavy (non-hydrogen) atoms. The third kappa shape index (κ3) is 9.24. The lowest BCUT2D eigenvalue weighted by molar-refractivity contribution is -0.140. The quantitative estimate of drug-likeness (QED) is 0.272. The average Bonchev–Trinajstić information content (AvgIpc) is 2.98. The maximum absolute atomic E-state index is 13.9. The lowest BCUT2D eigenvalue weighted by Crippen LogP contribution is -2.53. The van der Waals surface area contributed by atoms with Gasteiger partial charge in [0.05, 0.1) is 19.1 Å². The topological polar surface area (TPSA) is 105 Å². The molecule has 0 aliphatic rings. The van der Waals surface area contributed by atoms with Crippen LogP contribution >= 0.6 is 0 Å². The van der Waals surface area contributed by atoms with Crippen molar-refractivity contribution >= 4 is 27.5 Å². The highest BCUT2D eigenvalue weighted by Crippen LogP contribution is 2.24. The van der Waals surface area contributed by atoms with Crippen LogP contribution in [0, 0.1) is 0 Å². The summed E-state index contributed by atoms with van der Waals surface area (Å²) in [7, 11) is -2.30. The van der Waals surface area contributed by atoms with E-state index >= 15 is 0 Å². The van der Waals surface area contributed by atoms with Crippen molar-refractivity contribution in [3.8, 4) is 11.5 Å². The van der Waals surface area contributed by atoms with Crippen molar-refractivity contribution in [2.75, 3.05) is 24.2 Å². The predicted octanol–water partition coefficient (Wildman–Crippen LogP) is 4.76. The number of nitrogens with one attached hydrogen (secondary N) is 1. The first-order valence-corrected chi connectivity index (χ1v) is 15.9. The lowest BCUT2D eigenvalue weighted by atomic mass is 10.1. The molecule has 10 heteroatoms. The van der Waals surface area contributed by atoms with Crippen LogP contribution in [-0.4, -0.2) is 57.1 Å². The maximum Gasteiger partial charge on any atom is 0.244 e. The summed E-state index contributed by atoms with van der Waals surface area (Å²) in [6.45, 7) is 5.69. The van der Waals surface area contributed by atoms with Crippen LogP contribution in [0.5, 0.6) is 11.5 Å². The van der Waals surface area contributed by atoms with Crippen molar-refractivity contribution in [3.05, 3.63) is 90.0 Å². The number of hydrogen-bond acceptors (Lipinski definition) is 6. The minimum absolute atomic E-state index is 0.0736. The number of benzene rings is 3. The largest absolute Gasteiger partial charge is 0.497 e. The zero-order valence-corrected chi connectivity index (χ0v) is 25.8. The van der Waals surface area contributed by atoms with E-state index in [1.54, 1.807) is 49.6 Å². The lowest BCUT2D eigenvalue weighted by Gasteiger charge is -2.33. The summed E-state index contributed by atoms with van der Waals surface area (Å²) in [5, 5.41) is 2.97. The van der Waals surface area contributed by atoms with Crippen LogP contribution < -0.4 is 19.1 Å². The molecule has 3 aromatic rings. The first-order valence-electron chi connectivity index (χ1n) is 14.0. The molecular weight excluding hydrogens is 554 g/mol. The third-order valence-electron chi connectivity index (χ3n) is 6.93. The van der Waals surface area contributed by atoms with Gasteiger partial charge < -0.3 is 19.7 Å². The van der Waals surface area contributed by atoms with Gasteiger partial charge in [0, 0.05) is 12.6 Å². The van der Waals surface area contributed by atoms with Crippen LogP contribution in [0.25, 0.3) is 0 Å². The van der Waals surface area contributed by atoms with Gasteiger partial charge in [-0.15, -0.1) is 0 Å². The molecule has 2 atom stereocenters. The van der Waals surface area contributed by atoms with Crippen LogP contribution in [-0.2, 0) is 32.8 Å². The Balaban J connectivity index is 1.87. The van der Waals surface area contributed by atoms with Gasteiger partial charge in [-0.05, 0) is 67.3 Å². The molecule has 3 rings (SSSR count). The Kier molecular flexibility index (Phi) is 11.8. The van der Waals surface area contributed by atoms with Gasteiger partial charge in [-0.2, -0.15) is 0 Å². The zero-order chi connectivity index (χ0) is 30.7. The van der Waals surface area contributed by atoms with E-state index in [1.165, 1.54) is 4.90 Å². The van der Waals surface area contributed by atoms with Crippen molar-refractivity contribution < 1.29 is 27.5 Å². The Morgan fingerprint density at radius 2 is 1.55 bits per heavy atom. The van der Waals surface area contributed by atoms with E-state index in [-0.39, 0.29) is 18.5 Å². The third-order valence-corrected chi connectivity index (χ3v) is 8.07. The number of carbonyl (C=O) groups excluding carboxylic acids is 2. The number of rotatable bonds is 15. The highest BCUT2D eigenvalue weighted by atomic mass is 32.2. The number of hydrogen-bond donors (Lipinski definition) is 1. The number of ether oxygens (including phenoxy) is 2. The SMILES string of the molecule is CCC(C)NC(=O)C(CC)N(Cc1cccc(OC)c1)C(=O)CN(c1ccc(OCc2ccccc2)cc1)S(C)(=O)=O. The van der Waals surface area contributed by atoms with Gasteiger partial charge in [-0.1, -0.05) is 56.3 Å². The van der Waals surface area contributed by atoms with E-state index < -0.39 is 28.5 Å². The molecule has 0 bridgehead atoms. The van der Waals surface area contributed by atoms with E-state index in [4.69, 9.17) is 9.47 Å². The van der Waals surface area contributed by atoms with Gasteiger partial charge in [0.15, 0.2) is 0 Å². The Labute approximate surface area is 249 Å². The van der Waals surface area contributed by atoms with E-state index in [0.717, 1.165) is 28.1 Å². The normalized spacial score (nSPS) is 12.6. The van der Waals surface area contributed by atoms with Crippen LogP contribution in [0.1, 0.15) is 44.7 Å². The molecule has 0 aliphatic carbocycles. The molecular formula is C32H41N3O6S. The van der Waals surface area contributed by atoms with Gasteiger partial charge in [-0.25, -0.2) is 8.42 Å². The smallest absolute Gasteiger partial charge is 0.244 e.